The fourth-order valence-corrected chi connectivity index (χ4v) is 4.72. The molecule has 0 aliphatic rings. The lowest BCUT2D eigenvalue weighted by atomic mass is 10.2. The molecule has 3 aromatic carbocycles. The SMILES string of the molecule is Clc1ccc(COc2c(Br)cc(CNc3ccc(Cl)c(Cl)c3)cc2Br)c(Cl)c1. The molecule has 8 heteroatoms. The fourth-order valence-electron chi connectivity index (χ4n) is 2.45. The van der Waals surface area contributed by atoms with Gasteiger partial charge in [0.05, 0.1) is 19.0 Å². The largest absolute Gasteiger partial charge is 0.486 e. The molecule has 0 spiro atoms. The highest BCUT2D eigenvalue weighted by atomic mass is 79.9. The summed E-state index contributed by atoms with van der Waals surface area (Å²) in [5.41, 5.74) is 2.80. The Bertz CT molecular complexity index is 990. The lowest BCUT2D eigenvalue weighted by Crippen LogP contribution is -2.02. The third kappa shape index (κ3) is 5.71. The van der Waals surface area contributed by atoms with Crippen molar-refractivity contribution in [2.45, 2.75) is 13.2 Å². The van der Waals surface area contributed by atoms with Crippen LogP contribution in [0.3, 0.4) is 0 Å². The van der Waals surface area contributed by atoms with E-state index in [4.69, 9.17) is 51.1 Å². The van der Waals surface area contributed by atoms with Crippen LogP contribution in [0.15, 0.2) is 57.5 Å². The van der Waals surface area contributed by atoms with E-state index in [2.05, 4.69) is 37.2 Å². The van der Waals surface area contributed by atoms with E-state index in [9.17, 15) is 0 Å². The molecule has 0 saturated heterocycles. The van der Waals surface area contributed by atoms with Gasteiger partial charge in [-0.15, -0.1) is 0 Å². The molecule has 0 heterocycles. The Kier molecular flexibility index (Phi) is 7.82. The first-order valence-electron chi connectivity index (χ1n) is 8.07. The van der Waals surface area contributed by atoms with Crippen LogP contribution in [-0.2, 0) is 13.2 Å². The molecule has 0 fully saturated rings. The van der Waals surface area contributed by atoms with Crippen molar-refractivity contribution < 1.29 is 4.74 Å². The molecule has 0 bridgehead atoms. The fraction of sp³-hybridized carbons (Fsp3) is 0.100. The molecule has 0 aromatic heterocycles. The first-order valence-corrected chi connectivity index (χ1v) is 11.2. The summed E-state index contributed by atoms with van der Waals surface area (Å²) < 4.78 is 7.61. The van der Waals surface area contributed by atoms with Crippen molar-refractivity contribution in [2.75, 3.05) is 5.32 Å². The summed E-state index contributed by atoms with van der Waals surface area (Å²) in [6.45, 7) is 0.937. The van der Waals surface area contributed by atoms with Crippen molar-refractivity contribution in [1.29, 1.82) is 0 Å². The smallest absolute Gasteiger partial charge is 0.148 e. The van der Waals surface area contributed by atoms with Gasteiger partial charge in [-0.1, -0.05) is 52.5 Å². The number of nitrogens with one attached hydrogen (secondary N) is 1. The van der Waals surface area contributed by atoms with E-state index in [1.807, 2.05) is 24.3 Å². The third-order valence-corrected chi connectivity index (χ3v) is 6.37. The zero-order valence-corrected chi connectivity index (χ0v) is 20.4. The Balaban J connectivity index is 1.68. The highest BCUT2D eigenvalue weighted by Crippen LogP contribution is 2.36. The Labute approximate surface area is 200 Å². The van der Waals surface area contributed by atoms with Gasteiger partial charge >= 0.3 is 0 Å². The number of hydrogen-bond donors (Lipinski definition) is 1. The maximum absolute atomic E-state index is 6.21. The van der Waals surface area contributed by atoms with Crippen LogP contribution in [0, 0.1) is 0 Å². The Morgan fingerprint density at radius 1 is 0.786 bits per heavy atom. The van der Waals surface area contributed by atoms with Gasteiger partial charge < -0.3 is 10.1 Å². The summed E-state index contributed by atoms with van der Waals surface area (Å²) >= 11 is 31.3. The van der Waals surface area contributed by atoms with Crippen molar-refractivity contribution in [3.63, 3.8) is 0 Å². The molecule has 0 aliphatic heterocycles. The Morgan fingerprint density at radius 2 is 1.50 bits per heavy atom. The molecule has 2 nitrogen and oxygen atoms in total. The van der Waals surface area contributed by atoms with Crippen LogP contribution in [0.1, 0.15) is 11.1 Å². The van der Waals surface area contributed by atoms with Crippen LogP contribution in [0.25, 0.3) is 0 Å². The second kappa shape index (κ2) is 9.92. The Morgan fingerprint density at radius 3 is 2.14 bits per heavy atom. The van der Waals surface area contributed by atoms with Gasteiger partial charge in [0, 0.05) is 27.8 Å². The molecule has 0 radical (unpaired) electrons. The maximum atomic E-state index is 6.21. The molecule has 3 rings (SSSR count). The van der Waals surface area contributed by atoms with E-state index in [1.54, 1.807) is 24.3 Å². The zero-order chi connectivity index (χ0) is 20.3. The quantitative estimate of drug-likeness (QED) is 0.312. The van der Waals surface area contributed by atoms with E-state index >= 15 is 0 Å². The standard InChI is InChI=1S/C20H13Br2Cl4NO/c21-15-5-11(9-27-14-3-4-17(24)19(26)8-14)6-16(22)20(15)28-10-12-1-2-13(23)7-18(12)25/h1-8,27H,9-10H2. The second-order valence-corrected chi connectivity index (χ2v) is 9.26. The van der Waals surface area contributed by atoms with Crippen molar-refractivity contribution >= 4 is 84.0 Å². The van der Waals surface area contributed by atoms with Gasteiger partial charge in [0.1, 0.15) is 12.4 Å². The van der Waals surface area contributed by atoms with Crippen LogP contribution in [-0.4, -0.2) is 0 Å². The predicted octanol–water partition coefficient (Wildman–Crippen LogP) is 9.02. The lowest BCUT2D eigenvalue weighted by molar-refractivity contribution is 0.302. The number of benzene rings is 3. The second-order valence-electron chi connectivity index (χ2n) is 5.90. The van der Waals surface area contributed by atoms with Crippen LogP contribution >= 0.6 is 78.3 Å². The van der Waals surface area contributed by atoms with E-state index in [1.165, 1.54) is 0 Å². The highest BCUT2D eigenvalue weighted by Gasteiger charge is 2.11. The van der Waals surface area contributed by atoms with Gasteiger partial charge in [-0.2, -0.15) is 0 Å². The molecule has 0 atom stereocenters. The summed E-state index contributed by atoms with van der Waals surface area (Å²) in [6.07, 6.45) is 0. The first-order chi connectivity index (χ1) is 13.3. The Hall–Kier alpha value is -0.620. The van der Waals surface area contributed by atoms with Gasteiger partial charge in [-0.3, -0.25) is 0 Å². The zero-order valence-electron chi connectivity index (χ0n) is 14.2. The van der Waals surface area contributed by atoms with Crippen LogP contribution in [0.4, 0.5) is 5.69 Å². The van der Waals surface area contributed by atoms with Gasteiger partial charge in [0.25, 0.3) is 0 Å². The minimum absolute atomic E-state index is 0.327. The summed E-state index contributed by atoms with van der Waals surface area (Å²) in [4.78, 5) is 0. The van der Waals surface area contributed by atoms with E-state index < -0.39 is 0 Å². The molecule has 0 aliphatic carbocycles. The number of ether oxygens (including phenoxy) is 1. The molecular weight excluding hydrogens is 572 g/mol. The van der Waals surface area contributed by atoms with Crippen molar-refractivity contribution in [3.8, 4) is 5.75 Å². The summed E-state index contributed by atoms with van der Waals surface area (Å²) in [7, 11) is 0. The molecule has 146 valence electrons. The van der Waals surface area contributed by atoms with E-state index in [-0.39, 0.29) is 0 Å². The summed E-state index contributed by atoms with van der Waals surface area (Å²) in [5.74, 6) is 0.698. The predicted molar refractivity (Wildman–Crippen MR) is 126 cm³/mol. The molecule has 3 aromatic rings. The van der Waals surface area contributed by atoms with Crippen LogP contribution in [0.2, 0.25) is 20.1 Å². The van der Waals surface area contributed by atoms with E-state index in [0.717, 1.165) is 25.8 Å². The monoisotopic (exact) mass is 581 g/mol. The van der Waals surface area contributed by atoms with Crippen LogP contribution < -0.4 is 10.1 Å². The minimum Gasteiger partial charge on any atom is -0.486 e. The van der Waals surface area contributed by atoms with E-state index in [0.29, 0.717) is 39.0 Å². The van der Waals surface area contributed by atoms with Gasteiger partial charge in [0.15, 0.2) is 0 Å². The first kappa shape index (κ1) is 22.1. The summed E-state index contributed by atoms with van der Waals surface area (Å²) in [6, 6.07) is 14.8. The molecule has 0 amide bonds. The normalized spacial score (nSPS) is 10.8. The van der Waals surface area contributed by atoms with Crippen molar-refractivity contribution in [3.05, 3.63) is 88.7 Å². The lowest BCUT2D eigenvalue weighted by Gasteiger charge is -2.14. The molecule has 1 N–H and O–H groups in total. The van der Waals surface area contributed by atoms with Crippen molar-refractivity contribution in [2.24, 2.45) is 0 Å². The van der Waals surface area contributed by atoms with Gasteiger partial charge in [0.2, 0.25) is 0 Å². The average molecular weight is 585 g/mol. The molecular formula is C20H13Br2Cl4NO. The average Bonchev–Trinajstić information content (AvgIpc) is 2.63. The topological polar surface area (TPSA) is 21.3 Å². The number of rotatable bonds is 6. The number of hydrogen-bond acceptors (Lipinski definition) is 2. The van der Waals surface area contributed by atoms with Crippen molar-refractivity contribution in [1.82, 2.24) is 0 Å². The van der Waals surface area contributed by atoms with Gasteiger partial charge in [-0.05, 0) is 79.9 Å². The number of halogens is 6. The third-order valence-electron chi connectivity index (χ3n) is 3.86. The van der Waals surface area contributed by atoms with Crippen LogP contribution in [0.5, 0.6) is 5.75 Å². The number of anilines is 1. The maximum Gasteiger partial charge on any atom is 0.148 e. The van der Waals surface area contributed by atoms with Gasteiger partial charge in [-0.25, -0.2) is 0 Å². The molecule has 28 heavy (non-hydrogen) atoms. The molecule has 0 unspecified atom stereocenters. The molecule has 0 saturated carbocycles. The highest BCUT2D eigenvalue weighted by molar-refractivity contribution is 9.11. The minimum atomic E-state index is 0.327. The summed E-state index contributed by atoms with van der Waals surface area (Å²) in [5, 5.41) is 5.52.